The Balaban J connectivity index is 1.65. The first-order chi connectivity index (χ1) is 11.7. The number of rotatable bonds is 7. The smallest absolute Gasteiger partial charge is 0.224 e. The van der Waals surface area contributed by atoms with Gasteiger partial charge in [0.05, 0.1) is 0 Å². The largest absolute Gasteiger partial charge is 0.598 e. The van der Waals surface area contributed by atoms with Crippen molar-refractivity contribution in [2.24, 2.45) is 17.8 Å². The van der Waals surface area contributed by atoms with Gasteiger partial charge in [-0.25, -0.2) is 0 Å². The van der Waals surface area contributed by atoms with E-state index in [4.69, 9.17) is 0 Å². The van der Waals surface area contributed by atoms with Crippen molar-refractivity contribution < 1.29 is 9.35 Å². The van der Waals surface area contributed by atoms with Gasteiger partial charge < -0.3 is 9.87 Å². The van der Waals surface area contributed by atoms with Crippen LogP contribution in [-0.2, 0) is 16.2 Å². The molecular formula is C20H34N2O2S. The van der Waals surface area contributed by atoms with Crippen molar-refractivity contribution in [3.63, 3.8) is 0 Å². The second-order valence-corrected chi connectivity index (χ2v) is 10.6. The number of hydrogen-bond acceptors (Lipinski definition) is 3. The van der Waals surface area contributed by atoms with Crippen LogP contribution in [0.4, 0.5) is 0 Å². The Morgan fingerprint density at radius 3 is 2.68 bits per heavy atom. The van der Waals surface area contributed by atoms with Gasteiger partial charge in [0.1, 0.15) is 4.75 Å². The maximum Gasteiger partial charge on any atom is 0.224 e. The van der Waals surface area contributed by atoms with Gasteiger partial charge in [0, 0.05) is 30.0 Å². The lowest BCUT2D eigenvalue weighted by Crippen LogP contribution is -2.39. The highest BCUT2D eigenvalue weighted by Crippen LogP contribution is 2.45. The average Bonchev–Trinajstić information content (AvgIpc) is 2.80. The molecule has 25 heavy (non-hydrogen) atoms. The second kappa shape index (κ2) is 8.74. The van der Waals surface area contributed by atoms with Crippen molar-refractivity contribution >= 4 is 17.3 Å². The zero-order valence-corrected chi connectivity index (χ0v) is 17.2. The molecule has 1 fully saturated rings. The summed E-state index contributed by atoms with van der Waals surface area (Å²) in [4.78, 5) is 12.1. The van der Waals surface area contributed by atoms with Gasteiger partial charge in [0.25, 0.3) is 0 Å². The first kappa shape index (κ1) is 20.5. The van der Waals surface area contributed by atoms with Crippen LogP contribution in [-0.4, -0.2) is 21.8 Å². The van der Waals surface area contributed by atoms with E-state index in [1.165, 1.54) is 6.42 Å². The normalized spacial score (nSPS) is 27.4. The Morgan fingerprint density at radius 1 is 1.28 bits per heavy atom. The molecule has 2 N–H and O–H groups in total. The van der Waals surface area contributed by atoms with Crippen molar-refractivity contribution in [1.82, 2.24) is 10.0 Å². The Kier molecular flexibility index (Phi) is 7.18. The van der Waals surface area contributed by atoms with Crippen LogP contribution in [0.2, 0.25) is 0 Å². The Bertz CT molecular complexity index is 536. The lowest BCUT2D eigenvalue weighted by molar-refractivity contribution is -0.120. The molecule has 0 saturated heterocycles. The minimum atomic E-state index is -1.03. The maximum absolute atomic E-state index is 12.1. The predicted octanol–water partition coefficient (Wildman–Crippen LogP) is 3.83. The molecule has 0 aromatic rings. The van der Waals surface area contributed by atoms with Crippen LogP contribution in [0, 0.1) is 17.8 Å². The van der Waals surface area contributed by atoms with E-state index in [1.54, 1.807) is 5.57 Å². The van der Waals surface area contributed by atoms with Crippen molar-refractivity contribution in [3.8, 4) is 0 Å². The number of hydrogen-bond donors (Lipinski definition) is 2. The number of unbranched alkanes of at least 4 members (excludes halogenated alkanes) is 1. The summed E-state index contributed by atoms with van der Waals surface area (Å²) in [7, 11) is 0. The minimum absolute atomic E-state index is 0.0964. The number of carbonyl (C=O) groups excluding carboxylic acids is 1. The summed E-state index contributed by atoms with van der Waals surface area (Å²) in [5.74, 6) is 2.12. The van der Waals surface area contributed by atoms with Crippen molar-refractivity contribution in [3.05, 3.63) is 23.4 Å². The third-order valence-electron chi connectivity index (χ3n) is 5.37. The molecule has 0 spiro atoms. The van der Waals surface area contributed by atoms with E-state index >= 15 is 0 Å². The summed E-state index contributed by atoms with van der Waals surface area (Å²) in [5, 5.41) is 3.08. The molecule has 2 aliphatic carbocycles. The van der Waals surface area contributed by atoms with E-state index < -0.39 is 11.4 Å². The Labute approximate surface area is 156 Å². The number of amides is 1. The molecular weight excluding hydrogens is 332 g/mol. The van der Waals surface area contributed by atoms with Crippen LogP contribution in [0.3, 0.4) is 0 Å². The summed E-state index contributed by atoms with van der Waals surface area (Å²) in [5.41, 5.74) is 2.62. The molecule has 0 aromatic carbocycles. The molecule has 2 aliphatic rings. The van der Waals surface area contributed by atoms with E-state index in [0.29, 0.717) is 24.8 Å². The fourth-order valence-corrected chi connectivity index (χ4v) is 4.40. The summed E-state index contributed by atoms with van der Waals surface area (Å²) < 4.78 is 14.7. The van der Waals surface area contributed by atoms with E-state index in [0.717, 1.165) is 30.9 Å². The summed E-state index contributed by atoms with van der Waals surface area (Å²) in [6, 6.07) is 0. The van der Waals surface area contributed by atoms with Crippen LogP contribution in [0.15, 0.2) is 23.4 Å². The molecule has 4 unspecified atom stereocenters. The van der Waals surface area contributed by atoms with Crippen LogP contribution in [0.1, 0.15) is 66.7 Å². The summed E-state index contributed by atoms with van der Waals surface area (Å²) in [6.07, 6.45) is 8.71. The standard InChI is InChI=1S/C20H34N2O2S/c1-14-12-16-13-17(9-10-18(16)15(14)2)22-19(23)8-6-7-11-21-25(24)20(3,4)5/h9-10,14-16,21H,6-8,11-13H2,1-5H3,(H,22,23). The van der Waals surface area contributed by atoms with E-state index in [1.807, 2.05) is 20.8 Å². The number of fused-ring (bicyclic) bond motifs is 1. The lowest BCUT2D eigenvalue weighted by atomic mass is 9.89. The molecule has 5 heteroatoms. The molecule has 0 radical (unpaired) electrons. The monoisotopic (exact) mass is 366 g/mol. The molecule has 1 saturated carbocycles. The van der Waals surface area contributed by atoms with Crippen molar-refractivity contribution in [2.75, 3.05) is 6.54 Å². The molecule has 1 amide bonds. The highest BCUT2D eigenvalue weighted by Gasteiger charge is 2.34. The van der Waals surface area contributed by atoms with Gasteiger partial charge in [-0.1, -0.05) is 25.5 Å². The van der Waals surface area contributed by atoms with Gasteiger partial charge in [0.15, 0.2) is 0 Å². The third-order valence-corrected chi connectivity index (χ3v) is 6.95. The highest BCUT2D eigenvalue weighted by atomic mass is 32.2. The van der Waals surface area contributed by atoms with Crippen molar-refractivity contribution in [1.29, 1.82) is 0 Å². The first-order valence-electron chi connectivity index (χ1n) is 9.54. The minimum Gasteiger partial charge on any atom is -0.598 e. The van der Waals surface area contributed by atoms with E-state index in [2.05, 4.69) is 36.0 Å². The van der Waals surface area contributed by atoms with Crippen LogP contribution in [0.25, 0.3) is 0 Å². The lowest BCUT2D eigenvalue weighted by Gasteiger charge is -2.23. The molecule has 4 atom stereocenters. The molecule has 0 bridgehead atoms. The zero-order chi connectivity index (χ0) is 18.6. The molecule has 0 aliphatic heterocycles. The average molecular weight is 367 g/mol. The molecule has 4 nitrogen and oxygen atoms in total. The topological polar surface area (TPSA) is 64.2 Å². The zero-order valence-electron chi connectivity index (χ0n) is 16.4. The molecule has 142 valence electrons. The van der Waals surface area contributed by atoms with E-state index in [-0.39, 0.29) is 10.7 Å². The summed E-state index contributed by atoms with van der Waals surface area (Å²) in [6.45, 7) is 11.2. The molecule has 0 aromatic heterocycles. The Morgan fingerprint density at radius 2 is 2.00 bits per heavy atom. The van der Waals surface area contributed by atoms with Crippen LogP contribution >= 0.6 is 0 Å². The van der Waals surface area contributed by atoms with E-state index in [9.17, 15) is 9.35 Å². The third kappa shape index (κ3) is 5.87. The highest BCUT2D eigenvalue weighted by molar-refractivity contribution is 7.90. The van der Waals surface area contributed by atoms with Gasteiger partial charge in [-0.2, -0.15) is 0 Å². The molecule has 2 rings (SSSR count). The molecule has 0 heterocycles. The van der Waals surface area contributed by atoms with Gasteiger partial charge in [-0.3, -0.25) is 4.79 Å². The Hall–Kier alpha value is -0.780. The quantitative estimate of drug-likeness (QED) is 0.532. The van der Waals surface area contributed by atoms with Gasteiger partial charge in [0.2, 0.25) is 5.91 Å². The van der Waals surface area contributed by atoms with Gasteiger partial charge in [-0.05, 0) is 70.3 Å². The number of carbonyl (C=O) groups is 1. The van der Waals surface area contributed by atoms with Crippen LogP contribution in [0.5, 0.6) is 0 Å². The predicted molar refractivity (Wildman–Crippen MR) is 105 cm³/mol. The van der Waals surface area contributed by atoms with Crippen molar-refractivity contribution in [2.45, 2.75) is 71.5 Å². The SMILES string of the molecule is CC1CC2CC(NC(=O)CCCCN[S+]([O-])C(C)(C)C)=CC=C2C1C. The second-order valence-electron chi connectivity index (χ2n) is 8.54. The fourth-order valence-electron chi connectivity index (χ4n) is 3.63. The van der Waals surface area contributed by atoms with Gasteiger partial charge in [-0.15, -0.1) is 4.72 Å². The van der Waals surface area contributed by atoms with Gasteiger partial charge >= 0.3 is 0 Å². The fraction of sp³-hybridized carbons (Fsp3) is 0.750. The number of nitrogens with one attached hydrogen (secondary N) is 2. The maximum atomic E-state index is 12.1. The first-order valence-corrected chi connectivity index (χ1v) is 10.7. The van der Waals surface area contributed by atoms with Crippen LogP contribution < -0.4 is 10.0 Å². The number of allylic oxidation sites excluding steroid dienone is 4. The summed E-state index contributed by atoms with van der Waals surface area (Å²) >= 11 is -1.03.